The second kappa shape index (κ2) is 10.5. The molecule has 3 rings (SSSR count). The quantitative estimate of drug-likeness (QED) is 0.477. The van der Waals surface area contributed by atoms with Gasteiger partial charge >= 0.3 is 0 Å². The first kappa shape index (κ1) is 22.9. The van der Waals surface area contributed by atoms with Gasteiger partial charge in [-0.15, -0.1) is 0 Å². The zero-order valence-electron chi connectivity index (χ0n) is 18.6. The third-order valence-corrected chi connectivity index (χ3v) is 4.48. The van der Waals surface area contributed by atoms with Gasteiger partial charge in [-0.1, -0.05) is 30.3 Å². The average Bonchev–Trinajstić information content (AvgIpc) is 2.77. The first-order valence-corrected chi connectivity index (χ1v) is 10.5. The molecule has 0 heterocycles. The molecule has 0 spiro atoms. The van der Waals surface area contributed by atoms with E-state index in [2.05, 4.69) is 16.0 Å². The second-order valence-electron chi connectivity index (χ2n) is 8.48. The van der Waals surface area contributed by atoms with Gasteiger partial charge in [0.2, 0.25) is 5.91 Å². The van der Waals surface area contributed by atoms with Crippen molar-refractivity contribution in [1.82, 2.24) is 5.32 Å². The Hall–Kier alpha value is -3.80. The Labute approximate surface area is 189 Å². The zero-order chi connectivity index (χ0) is 23.0. The van der Waals surface area contributed by atoms with Gasteiger partial charge in [-0.25, -0.2) is 0 Å². The van der Waals surface area contributed by atoms with Crippen LogP contribution in [0.5, 0.6) is 5.75 Å². The number of amides is 2. The minimum Gasteiger partial charge on any atom is -0.489 e. The van der Waals surface area contributed by atoms with Crippen LogP contribution in [0.4, 0.5) is 11.4 Å². The van der Waals surface area contributed by atoms with Gasteiger partial charge in [0.25, 0.3) is 5.91 Å². The lowest BCUT2D eigenvalue weighted by molar-refractivity contribution is -0.114. The van der Waals surface area contributed by atoms with Gasteiger partial charge in [0.05, 0.1) is 6.54 Å². The molecule has 0 saturated carbocycles. The third kappa shape index (κ3) is 7.47. The van der Waals surface area contributed by atoms with E-state index in [4.69, 9.17) is 4.74 Å². The second-order valence-corrected chi connectivity index (χ2v) is 8.48. The summed E-state index contributed by atoms with van der Waals surface area (Å²) in [5.41, 5.74) is 2.83. The zero-order valence-corrected chi connectivity index (χ0v) is 18.6. The van der Waals surface area contributed by atoms with Crippen molar-refractivity contribution in [3.63, 3.8) is 0 Å². The lowest BCUT2D eigenvalue weighted by atomic mass is 10.1. The van der Waals surface area contributed by atoms with Crippen molar-refractivity contribution in [3.8, 4) is 5.75 Å². The Kier molecular flexibility index (Phi) is 7.49. The summed E-state index contributed by atoms with van der Waals surface area (Å²) in [6.07, 6.45) is 0. The summed E-state index contributed by atoms with van der Waals surface area (Å²) in [5, 5.41) is 8.83. The number of ether oxygens (including phenoxy) is 1. The van der Waals surface area contributed by atoms with Crippen molar-refractivity contribution in [2.45, 2.75) is 32.9 Å². The molecular weight excluding hydrogens is 402 g/mol. The summed E-state index contributed by atoms with van der Waals surface area (Å²) in [5.74, 6) is 0.441. The molecule has 0 unspecified atom stereocenters. The molecule has 0 aliphatic carbocycles. The van der Waals surface area contributed by atoms with E-state index in [-0.39, 0.29) is 23.9 Å². The average molecular weight is 432 g/mol. The van der Waals surface area contributed by atoms with E-state index in [1.54, 1.807) is 36.4 Å². The van der Waals surface area contributed by atoms with E-state index in [1.807, 2.05) is 63.2 Å². The van der Waals surface area contributed by atoms with E-state index in [9.17, 15) is 9.59 Å². The van der Waals surface area contributed by atoms with Gasteiger partial charge in [-0.2, -0.15) is 0 Å². The number of anilines is 2. The Morgan fingerprint density at radius 1 is 0.812 bits per heavy atom. The summed E-state index contributed by atoms with van der Waals surface area (Å²) in [7, 11) is 0. The maximum atomic E-state index is 12.2. The summed E-state index contributed by atoms with van der Waals surface area (Å²) in [6, 6.07) is 24.2. The molecule has 0 aliphatic heterocycles. The normalized spacial score (nSPS) is 10.8. The Balaban J connectivity index is 1.44. The number of benzene rings is 3. The van der Waals surface area contributed by atoms with Crippen molar-refractivity contribution in [2.24, 2.45) is 0 Å². The van der Waals surface area contributed by atoms with Crippen LogP contribution < -0.4 is 20.7 Å². The van der Waals surface area contributed by atoms with Crippen LogP contribution in [0.15, 0.2) is 78.9 Å². The molecule has 2 amide bonds. The predicted molar refractivity (Wildman–Crippen MR) is 128 cm³/mol. The van der Waals surface area contributed by atoms with Crippen molar-refractivity contribution in [2.75, 3.05) is 17.2 Å². The van der Waals surface area contributed by atoms with Crippen molar-refractivity contribution >= 4 is 23.2 Å². The molecule has 0 aromatic heterocycles. The number of hydrogen-bond acceptors (Lipinski definition) is 4. The fraction of sp³-hybridized carbons (Fsp3) is 0.231. The number of carbonyl (C=O) groups is 2. The van der Waals surface area contributed by atoms with Crippen LogP contribution in [-0.4, -0.2) is 23.9 Å². The highest BCUT2D eigenvalue weighted by Crippen LogP contribution is 2.17. The minimum atomic E-state index is -0.293. The van der Waals surface area contributed by atoms with E-state index >= 15 is 0 Å². The maximum Gasteiger partial charge on any atom is 0.251 e. The topological polar surface area (TPSA) is 79.5 Å². The first-order chi connectivity index (χ1) is 15.3. The van der Waals surface area contributed by atoms with Crippen LogP contribution in [0.1, 0.15) is 36.7 Å². The fourth-order valence-electron chi connectivity index (χ4n) is 2.92. The molecule has 3 N–H and O–H groups in total. The highest BCUT2D eigenvalue weighted by Gasteiger charge is 2.15. The molecule has 0 saturated heterocycles. The van der Waals surface area contributed by atoms with Crippen LogP contribution in [0.25, 0.3) is 0 Å². The number of hydrogen-bond donors (Lipinski definition) is 3. The molecule has 0 radical (unpaired) electrons. The van der Waals surface area contributed by atoms with Crippen molar-refractivity contribution < 1.29 is 14.3 Å². The van der Waals surface area contributed by atoms with Gasteiger partial charge in [0.15, 0.2) is 0 Å². The van der Waals surface area contributed by atoms with Crippen molar-refractivity contribution in [1.29, 1.82) is 0 Å². The molecule has 3 aromatic carbocycles. The lowest BCUT2D eigenvalue weighted by Gasteiger charge is -2.20. The lowest BCUT2D eigenvalue weighted by Crippen LogP contribution is -2.40. The van der Waals surface area contributed by atoms with Gasteiger partial charge in [-0.05, 0) is 74.9 Å². The number of carbonyl (C=O) groups excluding carboxylic acids is 2. The van der Waals surface area contributed by atoms with E-state index in [1.165, 1.54) is 0 Å². The van der Waals surface area contributed by atoms with Gasteiger partial charge in [0.1, 0.15) is 12.4 Å². The summed E-state index contributed by atoms with van der Waals surface area (Å²) in [6.45, 7) is 6.41. The van der Waals surface area contributed by atoms with E-state index in [0.717, 1.165) is 17.0 Å². The molecule has 0 bridgehead atoms. The molecule has 0 aliphatic rings. The number of rotatable bonds is 8. The van der Waals surface area contributed by atoms with Gasteiger partial charge in [-0.3, -0.25) is 9.59 Å². The Morgan fingerprint density at radius 3 is 2.06 bits per heavy atom. The highest BCUT2D eigenvalue weighted by molar-refractivity contribution is 5.95. The fourth-order valence-corrected chi connectivity index (χ4v) is 2.92. The third-order valence-electron chi connectivity index (χ3n) is 4.48. The summed E-state index contributed by atoms with van der Waals surface area (Å²) in [4.78, 5) is 24.4. The Bertz CT molecular complexity index is 1020. The standard InChI is InChI=1S/C26H29N3O3/c1-26(2,3)29-25(31)20-9-11-21(12-10-20)27-17-24(30)28-22-13-15-23(16-14-22)32-18-19-7-5-4-6-8-19/h4-16,27H,17-18H2,1-3H3,(H,28,30)(H,29,31). The SMILES string of the molecule is CC(C)(C)NC(=O)c1ccc(NCC(=O)Nc2ccc(OCc3ccccc3)cc2)cc1. The van der Waals surface area contributed by atoms with Crippen LogP contribution in [0.2, 0.25) is 0 Å². The van der Waals surface area contributed by atoms with Crippen LogP contribution >= 0.6 is 0 Å². The van der Waals surface area contributed by atoms with E-state index in [0.29, 0.717) is 17.9 Å². The van der Waals surface area contributed by atoms with Gasteiger partial charge in [0, 0.05) is 22.5 Å². The smallest absolute Gasteiger partial charge is 0.251 e. The van der Waals surface area contributed by atoms with Gasteiger partial charge < -0.3 is 20.7 Å². The van der Waals surface area contributed by atoms with Crippen LogP contribution in [0, 0.1) is 0 Å². The monoisotopic (exact) mass is 431 g/mol. The summed E-state index contributed by atoms with van der Waals surface area (Å²) < 4.78 is 5.76. The summed E-state index contributed by atoms with van der Waals surface area (Å²) >= 11 is 0. The Morgan fingerprint density at radius 2 is 1.44 bits per heavy atom. The molecule has 32 heavy (non-hydrogen) atoms. The van der Waals surface area contributed by atoms with Crippen LogP contribution in [0.3, 0.4) is 0 Å². The first-order valence-electron chi connectivity index (χ1n) is 10.5. The largest absolute Gasteiger partial charge is 0.489 e. The molecular formula is C26H29N3O3. The molecule has 3 aromatic rings. The highest BCUT2D eigenvalue weighted by atomic mass is 16.5. The maximum absolute atomic E-state index is 12.2. The molecule has 0 fully saturated rings. The van der Waals surface area contributed by atoms with Crippen molar-refractivity contribution in [3.05, 3.63) is 90.0 Å². The number of nitrogens with one attached hydrogen (secondary N) is 3. The van der Waals surface area contributed by atoms with Crippen LogP contribution in [-0.2, 0) is 11.4 Å². The molecule has 0 atom stereocenters. The predicted octanol–water partition coefficient (Wildman–Crippen LogP) is 4.84. The molecule has 6 heteroatoms. The van der Waals surface area contributed by atoms with E-state index < -0.39 is 0 Å². The molecule has 166 valence electrons. The molecule has 6 nitrogen and oxygen atoms in total. The minimum absolute atomic E-state index is 0.111.